The number of nitrogens with two attached hydrogens (primary N) is 1. The Balaban J connectivity index is 0.00000420. The highest BCUT2D eigenvalue weighted by atomic mass is 127. The summed E-state index contributed by atoms with van der Waals surface area (Å²) in [5.41, 5.74) is 6.92. The Morgan fingerprint density at radius 3 is 2.62 bits per heavy atom. The maximum absolute atomic E-state index is 13.9. The van der Waals surface area contributed by atoms with Crippen molar-refractivity contribution in [2.75, 3.05) is 40.3 Å². The third-order valence-electron chi connectivity index (χ3n) is 4.67. The predicted molar refractivity (Wildman–Crippen MR) is 126 cm³/mol. The van der Waals surface area contributed by atoms with Crippen molar-refractivity contribution < 1.29 is 9.18 Å². The molecule has 29 heavy (non-hydrogen) atoms. The summed E-state index contributed by atoms with van der Waals surface area (Å²) < 4.78 is 13.9. The van der Waals surface area contributed by atoms with Crippen LogP contribution in [0.25, 0.3) is 0 Å². The molecule has 164 valence electrons. The molecule has 1 amide bonds. The zero-order chi connectivity index (χ0) is 20.5. The molecule has 0 unspecified atom stereocenters. The number of carbonyl (C=O) groups is 1. The standard InChI is InChI=1S/C20H33FN6O.HI/c1-4-23-20(25-17-7-9-27(10-8-17)14-19(22)28)24-12-15-5-6-18(21)16(11-15)13-26(2)3;/h5-6,11,17H,4,7-10,12-14H2,1-3H3,(H2,22,28)(H2,23,24,25);1H. The Hall–Kier alpha value is -1.46. The number of guanidine groups is 1. The van der Waals surface area contributed by atoms with Crippen molar-refractivity contribution >= 4 is 35.8 Å². The van der Waals surface area contributed by atoms with Crippen LogP contribution in [0.4, 0.5) is 4.39 Å². The van der Waals surface area contributed by atoms with Gasteiger partial charge in [0.15, 0.2) is 5.96 Å². The number of nitrogens with one attached hydrogen (secondary N) is 2. The van der Waals surface area contributed by atoms with Gasteiger partial charge in [0.05, 0.1) is 13.1 Å². The molecular formula is C20H34FIN6O. The first-order chi connectivity index (χ1) is 13.4. The van der Waals surface area contributed by atoms with E-state index in [4.69, 9.17) is 5.73 Å². The SMILES string of the molecule is CCNC(=NCc1ccc(F)c(CN(C)C)c1)NC1CCN(CC(N)=O)CC1.I. The minimum Gasteiger partial charge on any atom is -0.369 e. The van der Waals surface area contributed by atoms with Gasteiger partial charge in [-0.15, -0.1) is 24.0 Å². The quantitative estimate of drug-likeness (QED) is 0.275. The highest BCUT2D eigenvalue weighted by Gasteiger charge is 2.20. The van der Waals surface area contributed by atoms with E-state index < -0.39 is 0 Å². The molecule has 0 bridgehead atoms. The number of hydrogen-bond donors (Lipinski definition) is 3. The van der Waals surface area contributed by atoms with Crippen LogP contribution in [-0.4, -0.2) is 68.0 Å². The van der Waals surface area contributed by atoms with Crippen molar-refractivity contribution in [2.45, 2.75) is 38.9 Å². The van der Waals surface area contributed by atoms with Crippen LogP contribution < -0.4 is 16.4 Å². The Labute approximate surface area is 190 Å². The number of primary amides is 1. The van der Waals surface area contributed by atoms with Gasteiger partial charge >= 0.3 is 0 Å². The van der Waals surface area contributed by atoms with Crippen LogP contribution >= 0.6 is 24.0 Å². The topological polar surface area (TPSA) is 86.0 Å². The lowest BCUT2D eigenvalue weighted by atomic mass is 10.1. The molecule has 1 aliphatic heterocycles. The van der Waals surface area contributed by atoms with E-state index in [1.807, 2.05) is 32.0 Å². The maximum atomic E-state index is 13.9. The van der Waals surface area contributed by atoms with E-state index in [-0.39, 0.29) is 35.7 Å². The van der Waals surface area contributed by atoms with Crippen LogP contribution in [0.2, 0.25) is 0 Å². The molecule has 1 aromatic carbocycles. The zero-order valence-corrected chi connectivity index (χ0v) is 19.9. The highest BCUT2D eigenvalue weighted by molar-refractivity contribution is 14.0. The molecule has 7 nitrogen and oxygen atoms in total. The molecule has 4 N–H and O–H groups in total. The van der Waals surface area contributed by atoms with E-state index in [0.717, 1.165) is 44.0 Å². The van der Waals surface area contributed by atoms with Gasteiger partial charge < -0.3 is 21.3 Å². The Kier molecular flexibility index (Phi) is 11.4. The van der Waals surface area contributed by atoms with Crippen molar-refractivity contribution in [1.82, 2.24) is 20.4 Å². The molecule has 0 atom stereocenters. The van der Waals surface area contributed by atoms with Gasteiger partial charge in [0.1, 0.15) is 5.82 Å². The second-order valence-electron chi connectivity index (χ2n) is 7.52. The van der Waals surface area contributed by atoms with Crippen LogP contribution in [0.5, 0.6) is 0 Å². The molecule has 9 heteroatoms. The van der Waals surface area contributed by atoms with Crippen molar-refractivity contribution in [2.24, 2.45) is 10.7 Å². The highest BCUT2D eigenvalue weighted by Crippen LogP contribution is 2.13. The summed E-state index contributed by atoms with van der Waals surface area (Å²) in [6.45, 7) is 5.84. The summed E-state index contributed by atoms with van der Waals surface area (Å²) in [4.78, 5) is 19.7. The lowest BCUT2D eigenvalue weighted by Gasteiger charge is -2.32. The molecule has 0 radical (unpaired) electrons. The first kappa shape index (κ1) is 25.6. The summed E-state index contributed by atoms with van der Waals surface area (Å²) >= 11 is 0. The van der Waals surface area contributed by atoms with Gasteiger partial charge in [0, 0.05) is 37.8 Å². The first-order valence-corrected chi connectivity index (χ1v) is 9.85. The maximum Gasteiger partial charge on any atom is 0.231 e. The molecule has 0 aromatic heterocycles. The van der Waals surface area contributed by atoms with Crippen LogP contribution in [0.1, 0.15) is 30.9 Å². The van der Waals surface area contributed by atoms with Crippen molar-refractivity contribution in [3.63, 3.8) is 0 Å². The lowest BCUT2D eigenvalue weighted by Crippen LogP contribution is -2.49. The molecule has 1 saturated heterocycles. The third-order valence-corrected chi connectivity index (χ3v) is 4.67. The second kappa shape index (κ2) is 13.0. The Morgan fingerprint density at radius 1 is 1.34 bits per heavy atom. The van der Waals surface area contributed by atoms with E-state index in [2.05, 4.69) is 20.5 Å². The van der Waals surface area contributed by atoms with Gasteiger partial charge in [-0.05, 0) is 51.6 Å². The van der Waals surface area contributed by atoms with E-state index in [0.29, 0.717) is 31.2 Å². The number of likely N-dealkylation sites (tertiary alicyclic amines) is 1. The average molecular weight is 520 g/mol. The smallest absolute Gasteiger partial charge is 0.231 e. The van der Waals surface area contributed by atoms with Crippen LogP contribution in [-0.2, 0) is 17.9 Å². The fraction of sp³-hybridized carbons (Fsp3) is 0.600. The van der Waals surface area contributed by atoms with Gasteiger partial charge in [-0.2, -0.15) is 0 Å². The number of nitrogens with zero attached hydrogens (tertiary/aromatic N) is 3. The summed E-state index contributed by atoms with van der Waals surface area (Å²) in [6.07, 6.45) is 1.86. The second-order valence-corrected chi connectivity index (χ2v) is 7.52. The van der Waals surface area contributed by atoms with Gasteiger partial charge in [-0.3, -0.25) is 9.69 Å². The fourth-order valence-electron chi connectivity index (χ4n) is 3.33. The van der Waals surface area contributed by atoms with Gasteiger partial charge in [0.25, 0.3) is 0 Å². The van der Waals surface area contributed by atoms with E-state index >= 15 is 0 Å². The molecule has 1 heterocycles. The number of amides is 1. The minimum atomic E-state index is -0.283. The van der Waals surface area contributed by atoms with Crippen molar-refractivity contribution in [1.29, 1.82) is 0 Å². The molecule has 0 aliphatic carbocycles. The van der Waals surface area contributed by atoms with Crippen molar-refractivity contribution in [3.8, 4) is 0 Å². The zero-order valence-electron chi connectivity index (χ0n) is 17.6. The average Bonchev–Trinajstić information content (AvgIpc) is 2.63. The number of rotatable bonds is 8. The Morgan fingerprint density at radius 2 is 2.03 bits per heavy atom. The van der Waals surface area contributed by atoms with Gasteiger partial charge in [-0.1, -0.05) is 6.07 Å². The monoisotopic (exact) mass is 520 g/mol. The molecule has 0 saturated carbocycles. The van der Waals surface area contributed by atoms with Crippen molar-refractivity contribution in [3.05, 3.63) is 35.1 Å². The largest absolute Gasteiger partial charge is 0.369 e. The Bertz CT molecular complexity index is 677. The number of piperidine rings is 1. The number of hydrogen-bond acceptors (Lipinski definition) is 4. The van der Waals surface area contributed by atoms with E-state index in [1.54, 1.807) is 6.07 Å². The number of aliphatic imine (C=N–C) groups is 1. The predicted octanol–water partition coefficient (Wildman–Crippen LogP) is 1.51. The minimum absolute atomic E-state index is 0. The molecule has 2 rings (SSSR count). The lowest BCUT2D eigenvalue weighted by molar-refractivity contribution is -0.119. The number of benzene rings is 1. The molecule has 1 fully saturated rings. The summed E-state index contributed by atoms with van der Waals surface area (Å²) in [5.74, 6) is 0.290. The van der Waals surface area contributed by atoms with Gasteiger partial charge in [0.2, 0.25) is 5.91 Å². The number of carbonyl (C=O) groups excluding carboxylic acids is 1. The first-order valence-electron chi connectivity index (χ1n) is 9.85. The third kappa shape index (κ3) is 9.26. The molecule has 0 spiro atoms. The molecule has 1 aromatic rings. The molecular weight excluding hydrogens is 486 g/mol. The normalized spacial score (nSPS) is 15.8. The van der Waals surface area contributed by atoms with Gasteiger partial charge in [-0.25, -0.2) is 9.38 Å². The van der Waals surface area contributed by atoms with E-state index in [9.17, 15) is 9.18 Å². The summed E-state index contributed by atoms with van der Waals surface area (Å²) in [7, 11) is 3.85. The summed E-state index contributed by atoms with van der Waals surface area (Å²) in [6, 6.07) is 5.48. The van der Waals surface area contributed by atoms with Crippen LogP contribution in [0, 0.1) is 5.82 Å². The summed E-state index contributed by atoms with van der Waals surface area (Å²) in [5, 5.41) is 6.74. The van der Waals surface area contributed by atoms with Crippen LogP contribution in [0.3, 0.4) is 0 Å². The molecule has 1 aliphatic rings. The van der Waals surface area contributed by atoms with Crippen LogP contribution in [0.15, 0.2) is 23.2 Å². The fourth-order valence-corrected chi connectivity index (χ4v) is 3.33. The van der Waals surface area contributed by atoms with E-state index in [1.165, 1.54) is 6.07 Å². The number of halogens is 2.